The van der Waals surface area contributed by atoms with E-state index in [1.165, 1.54) is 11.2 Å². The molecule has 0 saturated carbocycles. The first-order valence-corrected chi connectivity index (χ1v) is 8.57. The molecule has 22 heavy (non-hydrogen) atoms. The second-order valence-electron chi connectivity index (χ2n) is 5.50. The number of carbonyl (C=O) groups is 1. The zero-order chi connectivity index (χ0) is 15.1. The number of rotatable bonds is 2. The van der Waals surface area contributed by atoms with Crippen LogP contribution >= 0.6 is 11.8 Å². The lowest BCUT2D eigenvalue weighted by Gasteiger charge is -2.32. The van der Waals surface area contributed by atoms with Gasteiger partial charge < -0.3 is 5.32 Å². The second-order valence-corrected chi connectivity index (χ2v) is 6.38. The second kappa shape index (κ2) is 5.28. The van der Waals surface area contributed by atoms with E-state index in [2.05, 4.69) is 45.9 Å². The van der Waals surface area contributed by atoms with Gasteiger partial charge in [-0.05, 0) is 36.8 Å². The Balaban J connectivity index is 1.86. The molecule has 1 atom stereocenters. The molecular weight excluding hydrogens is 296 g/mol. The Morgan fingerprint density at radius 2 is 2.09 bits per heavy atom. The summed E-state index contributed by atoms with van der Waals surface area (Å²) < 4.78 is 1.82. The maximum absolute atomic E-state index is 12.5. The van der Waals surface area contributed by atoms with Crippen LogP contribution in [0.25, 0.3) is 0 Å². The maximum Gasteiger partial charge on any atom is 0.226 e. The van der Waals surface area contributed by atoms with Crippen molar-refractivity contribution in [2.24, 2.45) is 0 Å². The van der Waals surface area contributed by atoms with Crippen LogP contribution in [0.5, 0.6) is 0 Å². The Morgan fingerprint density at radius 1 is 1.27 bits per heavy atom. The van der Waals surface area contributed by atoms with Gasteiger partial charge in [0, 0.05) is 22.6 Å². The fourth-order valence-electron chi connectivity index (χ4n) is 3.19. The van der Waals surface area contributed by atoms with E-state index in [1.807, 2.05) is 4.68 Å². The molecule has 1 N–H and O–H groups in total. The third-order valence-corrected chi connectivity index (χ3v) is 4.99. The number of benzene rings is 1. The Morgan fingerprint density at radius 3 is 2.86 bits per heavy atom. The molecule has 0 bridgehead atoms. The number of carbonyl (C=O) groups excluding carboxylic acids is 1. The molecule has 5 nitrogen and oxygen atoms in total. The van der Waals surface area contributed by atoms with Crippen LogP contribution in [0.2, 0.25) is 0 Å². The lowest BCUT2D eigenvalue weighted by molar-refractivity contribution is -0.116. The summed E-state index contributed by atoms with van der Waals surface area (Å²) in [6.07, 6.45) is 6.00. The predicted octanol–water partition coefficient (Wildman–Crippen LogP) is 3.02. The van der Waals surface area contributed by atoms with E-state index in [0.717, 1.165) is 29.7 Å². The standard InChI is InChI=1S/C16H16N4OS/c1-22-11-7-5-10(6-8-11)15-14-12(3-2-4-13(14)21)19-16-17-9-18-20(15)16/h5-9,15H,2-4H2,1H3,(H,17,18,19)/t15-/m1/s1. The average Bonchev–Trinajstić information content (AvgIpc) is 3.01. The van der Waals surface area contributed by atoms with E-state index in [0.29, 0.717) is 12.4 Å². The van der Waals surface area contributed by atoms with Crippen LogP contribution in [0.1, 0.15) is 30.9 Å². The van der Waals surface area contributed by atoms with E-state index in [-0.39, 0.29) is 11.8 Å². The molecule has 4 rings (SSSR count). The van der Waals surface area contributed by atoms with Crippen LogP contribution in [0.3, 0.4) is 0 Å². The highest BCUT2D eigenvalue weighted by Crippen LogP contribution is 2.39. The lowest BCUT2D eigenvalue weighted by Crippen LogP contribution is -2.31. The minimum Gasteiger partial charge on any atom is -0.328 e. The summed E-state index contributed by atoms with van der Waals surface area (Å²) in [4.78, 5) is 18.0. The number of fused-ring (bicyclic) bond motifs is 1. The third kappa shape index (κ3) is 2.06. The zero-order valence-electron chi connectivity index (χ0n) is 12.2. The van der Waals surface area contributed by atoms with Crippen molar-refractivity contribution in [2.75, 3.05) is 11.6 Å². The molecule has 0 spiro atoms. The summed E-state index contributed by atoms with van der Waals surface area (Å²) in [6, 6.07) is 8.18. The fourth-order valence-corrected chi connectivity index (χ4v) is 3.60. The molecule has 0 fully saturated rings. The van der Waals surface area contributed by atoms with Crippen LogP contribution in [0.15, 0.2) is 46.8 Å². The molecule has 2 heterocycles. The third-order valence-electron chi connectivity index (χ3n) is 4.24. The Kier molecular flexibility index (Phi) is 3.26. The molecule has 0 unspecified atom stereocenters. The first kappa shape index (κ1) is 13.6. The summed E-state index contributed by atoms with van der Waals surface area (Å²) in [5, 5.41) is 7.61. The molecule has 0 amide bonds. The van der Waals surface area contributed by atoms with Crippen molar-refractivity contribution in [1.82, 2.24) is 14.8 Å². The zero-order valence-corrected chi connectivity index (χ0v) is 13.1. The van der Waals surface area contributed by atoms with Crippen LogP contribution in [0, 0.1) is 0 Å². The molecule has 1 aromatic heterocycles. The number of Topliss-reactive ketones (excluding diaryl/α,β-unsaturated/α-hetero) is 1. The highest BCUT2D eigenvalue weighted by molar-refractivity contribution is 7.98. The highest BCUT2D eigenvalue weighted by atomic mass is 32.2. The molecule has 1 aromatic carbocycles. The van der Waals surface area contributed by atoms with Crippen LogP contribution in [-0.4, -0.2) is 26.8 Å². The largest absolute Gasteiger partial charge is 0.328 e. The summed E-state index contributed by atoms with van der Waals surface area (Å²) in [5.41, 5.74) is 2.94. The summed E-state index contributed by atoms with van der Waals surface area (Å²) >= 11 is 1.71. The predicted molar refractivity (Wildman–Crippen MR) is 85.9 cm³/mol. The lowest BCUT2D eigenvalue weighted by atomic mass is 9.85. The monoisotopic (exact) mass is 312 g/mol. The van der Waals surface area contributed by atoms with Crippen molar-refractivity contribution in [3.05, 3.63) is 47.4 Å². The van der Waals surface area contributed by atoms with E-state index >= 15 is 0 Å². The molecule has 2 aromatic rings. The van der Waals surface area contributed by atoms with Gasteiger partial charge in [-0.25, -0.2) is 4.68 Å². The number of hydrogen-bond acceptors (Lipinski definition) is 5. The number of anilines is 1. The van der Waals surface area contributed by atoms with Gasteiger partial charge in [0.1, 0.15) is 12.4 Å². The molecule has 1 aliphatic carbocycles. The summed E-state index contributed by atoms with van der Waals surface area (Å²) in [6.45, 7) is 0. The van der Waals surface area contributed by atoms with Gasteiger partial charge in [-0.1, -0.05) is 12.1 Å². The topological polar surface area (TPSA) is 59.8 Å². The van der Waals surface area contributed by atoms with Crippen molar-refractivity contribution in [1.29, 1.82) is 0 Å². The van der Waals surface area contributed by atoms with E-state index in [4.69, 9.17) is 0 Å². The molecule has 0 radical (unpaired) electrons. The van der Waals surface area contributed by atoms with Gasteiger partial charge in [-0.3, -0.25) is 4.79 Å². The molecule has 0 saturated heterocycles. The Bertz CT molecular complexity index is 763. The first-order valence-electron chi connectivity index (χ1n) is 7.34. The molecule has 1 aliphatic heterocycles. The van der Waals surface area contributed by atoms with Crippen molar-refractivity contribution in [3.63, 3.8) is 0 Å². The quantitative estimate of drug-likeness (QED) is 0.864. The van der Waals surface area contributed by atoms with Gasteiger partial charge in [0.25, 0.3) is 0 Å². The summed E-state index contributed by atoms with van der Waals surface area (Å²) in [7, 11) is 0. The SMILES string of the molecule is CSc1ccc([C@@H]2C3=C(CCCC3=O)Nc3ncnn32)cc1. The minimum absolute atomic E-state index is 0.169. The normalized spacial score (nSPS) is 20.4. The number of nitrogens with zero attached hydrogens (tertiary/aromatic N) is 3. The summed E-state index contributed by atoms with van der Waals surface area (Å²) in [5.74, 6) is 0.932. The van der Waals surface area contributed by atoms with E-state index in [9.17, 15) is 4.79 Å². The van der Waals surface area contributed by atoms with Crippen molar-refractivity contribution >= 4 is 23.5 Å². The number of nitrogens with one attached hydrogen (secondary N) is 1. The first-order chi connectivity index (χ1) is 10.8. The number of thioether (sulfide) groups is 1. The number of ketones is 1. The number of hydrogen-bond donors (Lipinski definition) is 1. The fraction of sp³-hybridized carbons (Fsp3) is 0.312. The van der Waals surface area contributed by atoms with Gasteiger partial charge in [0.05, 0.1) is 0 Å². The van der Waals surface area contributed by atoms with Crippen molar-refractivity contribution in [3.8, 4) is 0 Å². The smallest absolute Gasteiger partial charge is 0.226 e. The van der Waals surface area contributed by atoms with E-state index in [1.54, 1.807) is 11.8 Å². The maximum atomic E-state index is 12.5. The molecular formula is C16H16N4OS. The van der Waals surface area contributed by atoms with Crippen LogP contribution in [-0.2, 0) is 4.79 Å². The average molecular weight is 312 g/mol. The van der Waals surface area contributed by atoms with Gasteiger partial charge >= 0.3 is 0 Å². The minimum atomic E-state index is -0.169. The van der Waals surface area contributed by atoms with Gasteiger partial charge in [-0.15, -0.1) is 11.8 Å². The highest BCUT2D eigenvalue weighted by Gasteiger charge is 2.35. The Hall–Kier alpha value is -2.08. The molecule has 6 heteroatoms. The van der Waals surface area contributed by atoms with Gasteiger partial charge in [0.15, 0.2) is 5.78 Å². The number of allylic oxidation sites excluding steroid dienone is 2. The van der Waals surface area contributed by atoms with Crippen LogP contribution in [0.4, 0.5) is 5.95 Å². The van der Waals surface area contributed by atoms with Gasteiger partial charge in [-0.2, -0.15) is 10.1 Å². The van der Waals surface area contributed by atoms with Crippen LogP contribution < -0.4 is 5.32 Å². The van der Waals surface area contributed by atoms with E-state index < -0.39 is 0 Å². The van der Waals surface area contributed by atoms with Gasteiger partial charge in [0.2, 0.25) is 5.95 Å². The molecule has 112 valence electrons. The Labute approximate surface area is 132 Å². The number of aromatic nitrogens is 3. The molecule has 2 aliphatic rings. The van der Waals surface area contributed by atoms with Crippen molar-refractivity contribution in [2.45, 2.75) is 30.2 Å². The van der Waals surface area contributed by atoms with Crippen molar-refractivity contribution < 1.29 is 4.79 Å².